The third kappa shape index (κ3) is 4.08. The fourth-order valence-electron chi connectivity index (χ4n) is 1.39. The number of nitrogens with two attached hydrogens (primary N) is 1. The quantitative estimate of drug-likeness (QED) is 0.737. The summed E-state index contributed by atoms with van der Waals surface area (Å²) >= 11 is 0. The fraction of sp³-hybridized carbons (Fsp3) is 0.455. The van der Waals surface area contributed by atoms with Crippen LogP contribution in [0.15, 0.2) is 24.5 Å². The molecule has 0 aliphatic heterocycles. The van der Waals surface area contributed by atoms with Crippen molar-refractivity contribution < 1.29 is 4.79 Å². The number of carbonyl (C=O) groups excluding carboxylic acids is 1. The van der Waals surface area contributed by atoms with Gasteiger partial charge in [-0.25, -0.2) is 0 Å². The van der Waals surface area contributed by atoms with E-state index in [4.69, 9.17) is 5.73 Å². The number of nitrogens with one attached hydrogen (secondary N) is 1. The first kappa shape index (κ1) is 11.7. The highest BCUT2D eigenvalue weighted by Crippen LogP contribution is 2.04. The zero-order valence-corrected chi connectivity index (χ0v) is 8.94. The van der Waals surface area contributed by atoms with Crippen LogP contribution in [0.5, 0.6) is 0 Å². The van der Waals surface area contributed by atoms with Crippen LogP contribution in [-0.4, -0.2) is 24.0 Å². The van der Waals surface area contributed by atoms with Gasteiger partial charge in [0.1, 0.15) is 0 Å². The highest BCUT2D eigenvalue weighted by molar-refractivity contribution is 5.81. The number of amides is 1. The Labute approximate surface area is 89.9 Å². The summed E-state index contributed by atoms with van der Waals surface area (Å²) in [6.45, 7) is 0. The van der Waals surface area contributed by atoms with Gasteiger partial charge in [0.15, 0.2) is 0 Å². The number of hydrogen-bond acceptors (Lipinski definition) is 3. The summed E-state index contributed by atoms with van der Waals surface area (Å²) < 4.78 is 0. The molecule has 0 aliphatic rings. The zero-order valence-electron chi connectivity index (χ0n) is 8.94. The highest BCUT2D eigenvalue weighted by Gasteiger charge is 2.10. The monoisotopic (exact) mass is 207 g/mol. The Morgan fingerprint density at radius 2 is 2.20 bits per heavy atom. The first-order chi connectivity index (χ1) is 7.24. The SMILES string of the molecule is CNC(=O)[C@@H](N)CCCc1ccncc1. The summed E-state index contributed by atoms with van der Waals surface area (Å²) in [7, 11) is 1.60. The van der Waals surface area contributed by atoms with Crippen molar-refractivity contribution >= 4 is 5.91 Å². The predicted molar refractivity (Wildman–Crippen MR) is 59.2 cm³/mol. The highest BCUT2D eigenvalue weighted by atomic mass is 16.2. The summed E-state index contributed by atoms with van der Waals surface area (Å²) in [6, 6.07) is 3.56. The number of carbonyl (C=O) groups is 1. The number of pyridine rings is 1. The molecular weight excluding hydrogens is 190 g/mol. The van der Waals surface area contributed by atoms with Gasteiger partial charge < -0.3 is 11.1 Å². The van der Waals surface area contributed by atoms with Crippen molar-refractivity contribution in [3.8, 4) is 0 Å². The molecule has 3 N–H and O–H groups in total. The molecule has 0 spiro atoms. The van der Waals surface area contributed by atoms with Crippen LogP contribution in [0.4, 0.5) is 0 Å². The van der Waals surface area contributed by atoms with E-state index < -0.39 is 6.04 Å². The van der Waals surface area contributed by atoms with Crippen molar-refractivity contribution in [1.82, 2.24) is 10.3 Å². The molecule has 1 aromatic heterocycles. The van der Waals surface area contributed by atoms with E-state index in [1.165, 1.54) is 5.56 Å². The van der Waals surface area contributed by atoms with Crippen LogP contribution in [0.1, 0.15) is 18.4 Å². The third-order valence-corrected chi connectivity index (χ3v) is 2.31. The van der Waals surface area contributed by atoms with Gasteiger partial charge in [0.05, 0.1) is 6.04 Å². The fourth-order valence-corrected chi connectivity index (χ4v) is 1.39. The lowest BCUT2D eigenvalue weighted by molar-refractivity contribution is -0.122. The summed E-state index contributed by atoms with van der Waals surface area (Å²) in [6.07, 6.45) is 6.11. The maximum absolute atomic E-state index is 11.1. The number of hydrogen-bond donors (Lipinski definition) is 2. The van der Waals surface area contributed by atoms with Crippen LogP contribution in [0, 0.1) is 0 Å². The summed E-state index contributed by atoms with van der Waals surface area (Å²) in [5.74, 6) is -0.0928. The first-order valence-corrected chi connectivity index (χ1v) is 5.10. The van der Waals surface area contributed by atoms with Crippen molar-refractivity contribution in [3.63, 3.8) is 0 Å². The maximum Gasteiger partial charge on any atom is 0.236 e. The second-order valence-electron chi connectivity index (χ2n) is 3.47. The van der Waals surface area contributed by atoms with Crippen LogP contribution in [0.3, 0.4) is 0 Å². The topological polar surface area (TPSA) is 68.0 Å². The molecule has 0 aromatic carbocycles. The van der Waals surface area contributed by atoms with Crippen LogP contribution >= 0.6 is 0 Å². The van der Waals surface area contributed by atoms with E-state index in [0.717, 1.165) is 12.8 Å². The average Bonchev–Trinajstić information content (AvgIpc) is 2.29. The van der Waals surface area contributed by atoms with E-state index in [1.54, 1.807) is 19.4 Å². The molecule has 1 atom stereocenters. The Hall–Kier alpha value is -1.42. The lowest BCUT2D eigenvalue weighted by atomic mass is 10.1. The molecule has 0 fully saturated rings. The molecule has 4 heteroatoms. The minimum Gasteiger partial charge on any atom is -0.358 e. The molecule has 0 radical (unpaired) electrons. The predicted octanol–water partition coefficient (Wildman–Crippen LogP) is 0.478. The first-order valence-electron chi connectivity index (χ1n) is 5.10. The molecule has 4 nitrogen and oxygen atoms in total. The van der Waals surface area contributed by atoms with Crippen LogP contribution in [0.25, 0.3) is 0 Å². The van der Waals surface area contributed by atoms with E-state index >= 15 is 0 Å². The molecule has 0 unspecified atom stereocenters. The lowest BCUT2D eigenvalue weighted by Crippen LogP contribution is -2.38. The Morgan fingerprint density at radius 1 is 1.53 bits per heavy atom. The van der Waals surface area contributed by atoms with Crippen LogP contribution < -0.4 is 11.1 Å². The zero-order chi connectivity index (χ0) is 11.1. The number of aryl methyl sites for hydroxylation is 1. The second kappa shape index (κ2) is 6.14. The van der Waals surface area contributed by atoms with Gasteiger partial charge >= 0.3 is 0 Å². The normalized spacial score (nSPS) is 12.1. The van der Waals surface area contributed by atoms with Crippen molar-refractivity contribution in [2.45, 2.75) is 25.3 Å². The Morgan fingerprint density at radius 3 is 2.80 bits per heavy atom. The van der Waals surface area contributed by atoms with Gasteiger partial charge in [-0.1, -0.05) is 0 Å². The van der Waals surface area contributed by atoms with Gasteiger partial charge in [-0.15, -0.1) is 0 Å². The van der Waals surface area contributed by atoms with Gasteiger partial charge in [0.2, 0.25) is 5.91 Å². The Bertz CT molecular complexity index is 300. The van der Waals surface area contributed by atoms with E-state index in [1.807, 2.05) is 12.1 Å². The largest absolute Gasteiger partial charge is 0.358 e. The number of aromatic nitrogens is 1. The number of likely N-dealkylation sites (N-methyl/N-ethyl adjacent to an activating group) is 1. The molecule has 0 aliphatic carbocycles. The minimum absolute atomic E-state index is 0.0928. The molecule has 0 bridgehead atoms. The van der Waals surface area contributed by atoms with Gasteiger partial charge in [0.25, 0.3) is 0 Å². The van der Waals surface area contributed by atoms with E-state index in [-0.39, 0.29) is 5.91 Å². The van der Waals surface area contributed by atoms with Crippen molar-refractivity contribution in [1.29, 1.82) is 0 Å². The van der Waals surface area contributed by atoms with E-state index in [2.05, 4.69) is 10.3 Å². The summed E-state index contributed by atoms with van der Waals surface area (Å²) in [5, 5.41) is 2.54. The molecular formula is C11H17N3O. The summed E-state index contributed by atoms with van der Waals surface area (Å²) in [4.78, 5) is 15.0. The molecule has 82 valence electrons. The van der Waals surface area contributed by atoms with Gasteiger partial charge in [0, 0.05) is 19.4 Å². The van der Waals surface area contributed by atoms with E-state index in [9.17, 15) is 4.79 Å². The lowest BCUT2D eigenvalue weighted by Gasteiger charge is -2.09. The molecule has 0 saturated heterocycles. The maximum atomic E-state index is 11.1. The van der Waals surface area contributed by atoms with Gasteiger partial charge in [-0.3, -0.25) is 9.78 Å². The molecule has 1 amide bonds. The number of rotatable bonds is 5. The van der Waals surface area contributed by atoms with E-state index in [0.29, 0.717) is 6.42 Å². The molecule has 1 heterocycles. The standard InChI is InChI=1S/C11H17N3O/c1-13-11(15)10(12)4-2-3-9-5-7-14-8-6-9/h5-8,10H,2-4,12H2,1H3,(H,13,15)/t10-/m0/s1. The molecule has 1 rings (SSSR count). The van der Waals surface area contributed by atoms with Gasteiger partial charge in [-0.2, -0.15) is 0 Å². The Kier molecular flexibility index (Phi) is 4.77. The van der Waals surface area contributed by atoms with Crippen molar-refractivity contribution in [2.24, 2.45) is 5.73 Å². The average molecular weight is 207 g/mol. The van der Waals surface area contributed by atoms with Crippen LogP contribution in [0.2, 0.25) is 0 Å². The van der Waals surface area contributed by atoms with Crippen LogP contribution in [-0.2, 0) is 11.2 Å². The minimum atomic E-state index is -0.392. The third-order valence-electron chi connectivity index (χ3n) is 2.31. The molecule has 15 heavy (non-hydrogen) atoms. The van der Waals surface area contributed by atoms with Crippen molar-refractivity contribution in [3.05, 3.63) is 30.1 Å². The Balaban J connectivity index is 2.25. The second-order valence-corrected chi connectivity index (χ2v) is 3.47. The molecule has 1 aromatic rings. The van der Waals surface area contributed by atoms with Crippen molar-refractivity contribution in [2.75, 3.05) is 7.05 Å². The smallest absolute Gasteiger partial charge is 0.236 e. The van der Waals surface area contributed by atoms with Gasteiger partial charge in [-0.05, 0) is 37.0 Å². The summed E-state index contributed by atoms with van der Waals surface area (Å²) in [5.41, 5.74) is 6.90. The molecule has 0 saturated carbocycles. The number of nitrogens with zero attached hydrogens (tertiary/aromatic N) is 1.